The van der Waals surface area contributed by atoms with Crippen LogP contribution >= 0.6 is 11.6 Å². The molecule has 1 aromatic carbocycles. The third kappa shape index (κ3) is 3.86. The van der Waals surface area contributed by atoms with Crippen LogP contribution in [-0.4, -0.2) is 43.7 Å². The molecule has 2 unspecified atom stereocenters. The van der Waals surface area contributed by atoms with Crippen molar-refractivity contribution in [1.82, 2.24) is 24.5 Å². The Morgan fingerprint density at radius 2 is 1.78 bits per heavy atom. The molecular weight excluding hydrogens is 426 g/mol. The number of nitrogens with zero attached hydrogens (tertiary/aromatic N) is 6. The zero-order valence-corrected chi connectivity index (χ0v) is 19.8. The van der Waals surface area contributed by atoms with E-state index in [1.54, 1.807) is 10.7 Å². The van der Waals surface area contributed by atoms with Crippen molar-refractivity contribution in [2.45, 2.75) is 52.6 Å². The molecule has 170 valence electrons. The summed E-state index contributed by atoms with van der Waals surface area (Å²) in [7, 11) is 0. The second kappa shape index (κ2) is 8.08. The fourth-order valence-electron chi connectivity index (χ4n) is 4.97. The van der Waals surface area contributed by atoms with E-state index >= 15 is 0 Å². The first kappa shape index (κ1) is 21.3. The van der Waals surface area contributed by atoms with Crippen molar-refractivity contribution in [1.29, 1.82) is 0 Å². The Morgan fingerprint density at radius 1 is 1.06 bits per heavy atom. The summed E-state index contributed by atoms with van der Waals surface area (Å²) < 4.78 is 9.73. The van der Waals surface area contributed by atoms with Gasteiger partial charge in [0, 0.05) is 30.2 Å². The number of rotatable bonds is 5. The van der Waals surface area contributed by atoms with Crippen molar-refractivity contribution in [3.05, 3.63) is 40.5 Å². The molecular formula is C23H30ClN7O. The number of hydrogen-bond donors (Lipinski definition) is 1. The smallest absolute Gasteiger partial charge is 0.322 e. The highest BCUT2D eigenvalue weighted by Gasteiger charge is 2.40. The van der Waals surface area contributed by atoms with Crippen molar-refractivity contribution in [3.63, 3.8) is 0 Å². The van der Waals surface area contributed by atoms with Crippen LogP contribution in [0.15, 0.2) is 24.3 Å². The lowest BCUT2D eigenvalue weighted by atomic mass is 9.93. The highest BCUT2D eigenvalue weighted by atomic mass is 35.5. The molecule has 9 heteroatoms. The minimum absolute atomic E-state index is 0.0652. The van der Waals surface area contributed by atoms with Gasteiger partial charge in [-0.2, -0.15) is 14.8 Å². The molecule has 0 radical (unpaired) electrons. The van der Waals surface area contributed by atoms with E-state index < -0.39 is 0 Å². The Morgan fingerprint density at radius 3 is 2.44 bits per heavy atom. The molecule has 1 aliphatic heterocycles. The molecule has 2 N–H and O–H groups in total. The van der Waals surface area contributed by atoms with Crippen molar-refractivity contribution in [2.75, 3.05) is 18.0 Å². The molecule has 2 bridgehead atoms. The maximum absolute atomic E-state index is 6.43. The van der Waals surface area contributed by atoms with Crippen LogP contribution in [0.5, 0.6) is 11.8 Å². The number of halogens is 1. The largest absolute Gasteiger partial charge is 0.424 e. The number of piperidine rings is 1. The standard InChI is InChI=1S/C23H30ClN7O/c1-13(2)30-23(32-19-8-14(3)7-18(24)10-19)26-22(28-30)31-20(9-15(4)27-31)29-11-16-5-6-17(12-29)21(16)25/h7-10,13,16-17,21H,5-6,11-12,25H2,1-4H3. The van der Waals surface area contributed by atoms with Crippen LogP contribution in [0.1, 0.15) is 44.0 Å². The molecule has 3 heterocycles. The SMILES string of the molecule is Cc1cc(Cl)cc(Oc2nc(-n3nc(C)cc3N3CC4CCC(C3)C4N)nn2C(C)C)c1. The molecule has 2 aliphatic rings. The molecule has 1 saturated heterocycles. The molecule has 0 amide bonds. The lowest BCUT2D eigenvalue weighted by Gasteiger charge is -2.37. The van der Waals surface area contributed by atoms with Crippen LogP contribution < -0.4 is 15.4 Å². The van der Waals surface area contributed by atoms with E-state index in [-0.39, 0.29) is 6.04 Å². The van der Waals surface area contributed by atoms with E-state index in [1.807, 2.05) is 44.5 Å². The van der Waals surface area contributed by atoms with Gasteiger partial charge in [0.05, 0.1) is 11.7 Å². The van der Waals surface area contributed by atoms with Gasteiger partial charge in [-0.25, -0.2) is 4.68 Å². The summed E-state index contributed by atoms with van der Waals surface area (Å²) in [6.45, 7) is 9.96. The van der Waals surface area contributed by atoms with E-state index in [0.717, 1.165) is 30.2 Å². The molecule has 8 nitrogen and oxygen atoms in total. The van der Waals surface area contributed by atoms with Crippen LogP contribution in [0.25, 0.3) is 5.95 Å². The number of ether oxygens (including phenoxy) is 1. The van der Waals surface area contributed by atoms with Crippen molar-refractivity contribution in [2.24, 2.45) is 17.6 Å². The maximum atomic E-state index is 6.43. The Hall–Kier alpha value is -2.58. The quantitative estimate of drug-likeness (QED) is 0.617. The van der Waals surface area contributed by atoms with Crippen LogP contribution in [0, 0.1) is 25.7 Å². The minimum atomic E-state index is 0.0652. The number of fused-ring (bicyclic) bond motifs is 2. The summed E-state index contributed by atoms with van der Waals surface area (Å²) in [5.41, 5.74) is 8.37. The van der Waals surface area contributed by atoms with E-state index in [9.17, 15) is 0 Å². The number of aromatic nitrogens is 5. The van der Waals surface area contributed by atoms with Gasteiger partial charge in [-0.3, -0.25) is 0 Å². The Kier molecular flexibility index (Phi) is 5.37. The Labute approximate surface area is 193 Å². The Balaban J connectivity index is 1.50. The molecule has 1 aliphatic carbocycles. The summed E-state index contributed by atoms with van der Waals surface area (Å²) in [4.78, 5) is 7.12. The van der Waals surface area contributed by atoms with Gasteiger partial charge in [-0.15, -0.1) is 5.10 Å². The number of anilines is 1. The van der Waals surface area contributed by atoms with E-state index in [1.165, 1.54) is 12.8 Å². The summed E-state index contributed by atoms with van der Waals surface area (Å²) >= 11 is 6.22. The summed E-state index contributed by atoms with van der Waals surface area (Å²) in [5, 5.41) is 10.1. The monoisotopic (exact) mass is 455 g/mol. The predicted molar refractivity (Wildman–Crippen MR) is 125 cm³/mol. The van der Waals surface area contributed by atoms with Crippen LogP contribution in [-0.2, 0) is 0 Å². The average Bonchev–Trinajstić information content (AvgIpc) is 3.34. The Bertz CT molecular complexity index is 1100. The number of hydrogen-bond acceptors (Lipinski definition) is 6. The zero-order chi connectivity index (χ0) is 22.6. The molecule has 2 atom stereocenters. The minimum Gasteiger partial charge on any atom is -0.424 e. The lowest BCUT2D eigenvalue weighted by molar-refractivity contribution is 0.353. The zero-order valence-electron chi connectivity index (χ0n) is 19.0. The van der Waals surface area contributed by atoms with Crippen LogP contribution in [0.2, 0.25) is 5.02 Å². The summed E-state index contributed by atoms with van der Waals surface area (Å²) in [6, 6.07) is 8.50. The predicted octanol–water partition coefficient (Wildman–Crippen LogP) is 4.28. The second-order valence-corrected chi connectivity index (χ2v) is 9.87. The number of nitrogens with two attached hydrogens (primary N) is 1. The first-order valence-electron chi connectivity index (χ1n) is 11.3. The van der Waals surface area contributed by atoms with Crippen molar-refractivity contribution in [3.8, 4) is 17.7 Å². The third-order valence-corrected chi connectivity index (χ3v) is 6.75. The highest BCUT2D eigenvalue weighted by Crippen LogP contribution is 2.38. The van der Waals surface area contributed by atoms with Gasteiger partial charge in [0.15, 0.2) is 0 Å². The van der Waals surface area contributed by atoms with Gasteiger partial charge < -0.3 is 15.4 Å². The van der Waals surface area contributed by atoms with E-state index in [0.29, 0.717) is 40.6 Å². The first-order valence-corrected chi connectivity index (χ1v) is 11.7. The summed E-state index contributed by atoms with van der Waals surface area (Å²) in [6.07, 6.45) is 2.40. The van der Waals surface area contributed by atoms with Gasteiger partial charge in [0.1, 0.15) is 11.6 Å². The molecule has 32 heavy (non-hydrogen) atoms. The first-order chi connectivity index (χ1) is 15.3. The fraction of sp³-hybridized carbons (Fsp3) is 0.522. The number of aryl methyl sites for hydroxylation is 2. The molecule has 1 saturated carbocycles. The lowest BCUT2D eigenvalue weighted by Crippen LogP contribution is -2.49. The van der Waals surface area contributed by atoms with E-state index in [4.69, 9.17) is 37.3 Å². The van der Waals surface area contributed by atoms with Crippen molar-refractivity contribution < 1.29 is 4.74 Å². The van der Waals surface area contributed by atoms with Gasteiger partial charge in [0.2, 0.25) is 0 Å². The van der Waals surface area contributed by atoms with Gasteiger partial charge in [0.25, 0.3) is 5.95 Å². The normalized spacial score (nSPS) is 22.7. The molecule has 2 aromatic heterocycles. The average molecular weight is 456 g/mol. The molecule has 3 aromatic rings. The molecule has 2 fully saturated rings. The van der Waals surface area contributed by atoms with Crippen LogP contribution in [0.4, 0.5) is 5.82 Å². The van der Waals surface area contributed by atoms with Crippen molar-refractivity contribution >= 4 is 17.4 Å². The van der Waals surface area contributed by atoms with Gasteiger partial charge in [-0.05, 0) is 76.1 Å². The topological polar surface area (TPSA) is 87.0 Å². The molecule has 5 rings (SSSR count). The highest BCUT2D eigenvalue weighted by molar-refractivity contribution is 6.30. The van der Waals surface area contributed by atoms with Gasteiger partial charge in [-0.1, -0.05) is 11.6 Å². The van der Waals surface area contributed by atoms with Gasteiger partial charge >= 0.3 is 6.01 Å². The van der Waals surface area contributed by atoms with E-state index in [2.05, 4.69) is 11.0 Å². The fourth-order valence-corrected chi connectivity index (χ4v) is 5.25. The third-order valence-electron chi connectivity index (χ3n) is 6.54. The maximum Gasteiger partial charge on any atom is 0.322 e. The second-order valence-electron chi connectivity index (χ2n) is 9.43. The summed E-state index contributed by atoms with van der Waals surface area (Å²) in [5.74, 6) is 3.21. The number of benzene rings is 1. The molecule has 0 spiro atoms. The van der Waals surface area contributed by atoms with Crippen LogP contribution in [0.3, 0.4) is 0 Å².